The van der Waals surface area contributed by atoms with Gasteiger partial charge in [0, 0.05) is 13.1 Å². The second-order valence-corrected chi connectivity index (χ2v) is 4.76. The zero-order chi connectivity index (χ0) is 13.5. The van der Waals surface area contributed by atoms with E-state index >= 15 is 0 Å². The average Bonchev–Trinajstić information content (AvgIpc) is 2.97. The van der Waals surface area contributed by atoms with Gasteiger partial charge in [-0.15, -0.1) is 0 Å². The lowest BCUT2D eigenvalue weighted by molar-refractivity contribution is -0.132. The number of amides is 1. The summed E-state index contributed by atoms with van der Waals surface area (Å²) < 4.78 is 5.58. The molecule has 1 amide bonds. The van der Waals surface area contributed by atoms with Crippen LogP contribution in [0.2, 0.25) is 0 Å². The molecule has 1 fully saturated rings. The van der Waals surface area contributed by atoms with Crippen molar-refractivity contribution in [3.63, 3.8) is 0 Å². The minimum Gasteiger partial charge on any atom is -0.484 e. The summed E-state index contributed by atoms with van der Waals surface area (Å²) in [5.74, 6) is 0.845. The summed E-state index contributed by atoms with van der Waals surface area (Å²) in [5, 5.41) is 0. The molecule has 1 aliphatic heterocycles. The Balaban J connectivity index is 1.88. The van der Waals surface area contributed by atoms with Gasteiger partial charge in [0.25, 0.3) is 5.91 Å². The van der Waals surface area contributed by atoms with Gasteiger partial charge >= 0.3 is 0 Å². The van der Waals surface area contributed by atoms with Gasteiger partial charge < -0.3 is 9.64 Å². The van der Waals surface area contributed by atoms with Gasteiger partial charge in [-0.1, -0.05) is 31.2 Å². The van der Waals surface area contributed by atoms with Crippen molar-refractivity contribution in [2.24, 2.45) is 0 Å². The number of ether oxygens (including phenoxy) is 1. The molecule has 1 heterocycles. The van der Waals surface area contributed by atoms with Gasteiger partial charge in [-0.3, -0.25) is 4.79 Å². The van der Waals surface area contributed by atoms with Crippen LogP contribution in [0, 0.1) is 0 Å². The highest BCUT2D eigenvalue weighted by Gasteiger charge is 2.17. The Morgan fingerprint density at radius 2 is 2.16 bits per heavy atom. The first-order valence-corrected chi connectivity index (χ1v) is 6.97. The third kappa shape index (κ3) is 4.12. The summed E-state index contributed by atoms with van der Waals surface area (Å²) in [6.45, 7) is 4.00. The second-order valence-electron chi connectivity index (χ2n) is 4.76. The number of nitrogens with zero attached hydrogens (tertiary/aromatic N) is 1. The number of hydrogen-bond donors (Lipinski definition) is 0. The number of carbonyl (C=O) groups excluding carboxylic acids is 1. The molecule has 0 saturated carbocycles. The van der Waals surface area contributed by atoms with Gasteiger partial charge in [-0.2, -0.15) is 0 Å². The van der Waals surface area contributed by atoms with Crippen LogP contribution in [0.1, 0.15) is 31.7 Å². The predicted octanol–water partition coefficient (Wildman–Crippen LogP) is 3.11. The normalized spacial score (nSPS) is 15.1. The van der Waals surface area contributed by atoms with Crippen LogP contribution in [-0.2, 0) is 4.79 Å². The molecule has 3 heteroatoms. The molecule has 0 radical (unpaired) electrons. The molecule has 3 nitrogen and oxygen atoms in total. The average molecular weight is 259 g/mol. The quantitative estimate of drug-likeness (QED) is 0.813. The van der Waals surface area contributed by atoms with Crippen molar-refractivity contribution in [2.45, 2.75) is 26.2 Å². The molecule has 1 saturated heterocycles. The molecule has 1 aromatic carbocycles. The van der Waals surface area contributed by atoms with Crippen molar-refractivity contribution >= 4 is 12.0 Å². The maximum atomic E-state index is 11.9. The molecule has 0 aliphatic carbocycles. The van der Waals surface area contributed by atoms with E-state index in [9.17, 15) is 4.79 Å². The van der Waals surface area contributed by atoms with Crippen molar-refractivity contribution in [1.29, 1.82) is 0 Å². The Morgan fingerprint density at radius 1 is 1.37 bits per heavy atom. The fraction of sp³-hybridized carbons (Fsp3) is 0.438. The van der Waals surface area contributed by atoms with Crippen molar-refractivity contribution in [3.05, 3.63) is 35.9 Å². The van der Waals surface area contributed by atoms with Crippen molar-refractivity contribution in [2.75, 3.05) is 19.7 Å². The molecule has 0 N–H and O–H groups in total. The summed E-state index contributed by atoms with van der Waals surface area (Å²) in [4.78, 5) is 13.7. The topological polar surface area (TPSA) is 29.5 Å². The summed E-state index contributed by atoms with van der Waals surface area (Å²) in [6.07, 6.45) is 7.41. The number of likely N-dealkylation sites (tertiary alicyclic amines) is 1. The monoisotopic (exact) mass is 259 g/mol. The highest BCUT2D eigenvalue weighted by atomic mass is 16.5. The SMILES string of the molecule is CC/C=C/c1cccc(OCC(=O)N2CCCC2)c1. The lowest BCUT2D eigenvalue weighted by Gasteiger charge is -2.15. The van der Waals surface area contributed by atoms with Gasteiger partial charge in [0.05, 0.1) is 0 Å². The van der Waals surface area contributed by atoms with E-state index in [1.807, 2.05) is 29.2 Å². The summed E-state index contributed by atoms with van der Waals surface area (Å²) in [6, 6.07) is 7.83. The van der Waals surface area contributed by atoms with Gasteiger partial charge in [0.1, 0.15) is 5.75 Å². The Hall–Kier alpha value is -1.77. The van der Waals surface area contributed by atoms with E-state index in [0.29, 0.717) is 0 Å². The standard InChI is InChI=1S/C16H21NO2/c1-2-3-7-14-8-6-9-15(12-14)19-13-16(18)17-10-4-5-11-17/h3,6-9,12H,2,4-5,10-11,13H2,1H3/b7-3+. The van der Waals surface area contributed by atoms with Gasteiger partial charge in [-0.25, -0.2) is 0 Å². The zero-order valence-corrected chi connectivity index (χ0v) is 11.5. The smallest absolute Gasteiger partial charge is 0.260 e. The number of allylic oxidation sites excluding steroid dienone is 1. The van der Waals surface area contributed by atoms with Crippen molar-refractivity contribution in [1.82, 2.24) is 4.90 Å². The molecule has 19 heavy (non-hydrogen) atoms. The van der Waals surface area contributed by atoms with Crippen LogP contribution in [-0.4, -0.2) is 30.5 Å². The van der Waals surface area contributed by atoms with Gasteiger partial charge in [0.15, 0.2) is 6.61 Å². The number of benzene rings is 1. The van der Waals surface area contributed by atoms with E-state index in [2.05, 4.69) is 19.1 Å². The van der Waals surface area contributed by atoms with Gasteiger partial charge in [0.2, 0.25) is 0 Å². The van der Waals surface area contributed by atoms with Crippen LogP contribution in [0.5, 0.6) is 5.75 Å². The maximum absolute atomic E-state index is 11.9. The van der Waals surface area contributed by atoms with Crippen molar-refractivity contribution in [3.8, 4) is 5.75 Å². The highest BCUT2D eigenvalue weighted by Crippen LogP contribution is 2.15. The number of carbonyl (C=O) groups is 1. The van der Waals surface area contributed by atoms with Crippen LogP contribution in [0.3, 0.4) is 0 Å². The highest BCUT2D eigenvalue weighted by molar-refractivity contribution is 5.78. The fourth-order valence-electron chi connectivity index (χ4n) is 2.16. The van der Waals surface area contributed by atoms with E-state index in [0.717, 1.165) is 43.7 Å². The molecule has 0 unspecified atom stereocenters. The van der Waals surface area contributed by atoms with Crippen LogP contribution in [0.25, 0.3) is 6.08 Å². The third-order valence-corrected chi connectivity index (χ3v) is 3.23. The Labute approximate surface area is 114 Å². The minimum absolute atomic E-state index is 0.0898. The first-order chi connectivity index (χ1) is 9.29. The molecule has 1 aromatic rings. The summed E-state index contributed by atoms with van der Waals surface area (Å²) in [5.41, 5.74) is 1.10. The third-order valence-electron chi connectivity index (χ3n) is 3.23. The first-order valence-electron chi connectivity index (χ1n) is 6.97. The van der Waals surface area contributed by atoms with Crippen LogP contribution >= 0.6 is 0 Å². The van der Waals surface area contributed by atoms with Crippen LogP contribution in [0.4, 0.5) is 0 Å². The van der Waals surface area contributed by atoms with E-state index < -0.39 is 0 Å². The van der Waals surface area contributed by atoms with Crippen LogP contribution in [0.15, 0.2) is 30.3 Å². The number of rotatable bonds is 5. The molecule has 102 valence electrons. The van der Waals surface area contributed by atoms with E-state index in [-0.39, 0.29) is 12.5 Å². The second kappa shape index (κ2) is 6.98. The Morgan fingerprint density at radius 3 is 2.89 bits per heavy atom. The fourth-order valence-corrected chi connectivity index (χ4v) is 2.16. The number of hydrogen-bond acceptors (Lipinski definition) is 2. The zero-order valence-electron chi connectivity index (χ0n) is 11.5. The molecule has 0 atom stereocenters. The van der Waals surface area contributed by atoms with E-state index in [1.165, 1.54) is 0 Å². The van der Waals surface area contributed by atoms with E-state index in [4.69, 9.17) is 4.74 Å². The molecule has 2 rings (SSSR count). The van der Waals surface area contributed by atoms with E-state index in [1.54, 1.807) is 0 Å². The minimum atomic E-state index is 0.0898. The van der Waals surface area contributed by atoms with Gasteiger partial charge in [-0.05, 0) is 37.0 Å². The lowest BCUT2D eigenvalue weighted by Crippen LogP contribution is -2.32. The summed E-state index contributed by atoms with van der Waals surface area (Å²) >= 11 is 0. The molecule has 1 aliphatic rings. The summed E-state index contributed by atoms with van der Waals surface area (Å²) in [7, 11) is 0. The predicted molar refractivity (Wildman–Crippen MR) is 77.1 cm³/mol. The lowest BCUT2D eigenvalue weighted by atomic mass is 10.2. The molecule has 0 aromatic heterocycles. The molecule has 0 spiro atoms. The molecular weight excluding hydrogens is 238 g/mol. The maximum Gasteiger partial charge on any atom is 0.260 e. The molecule has 0 bridgehead atoms. The largest absolute Gasteiger partial charge is 0.484 e. The van der Waals surface area contributed by atoms with Crippen LogP contribution < -0.4 is 4.74 Å². The Kier molecular flexibility index (Phi) is 5.01. The Bertz CT molecular complexity index is 448. The first kappa shape index (κ1) is 13.7. The van der Waals surface area contributed by atoms with Crippen molar-refractivity contribution < 1.29 is 9.53 Å². The molecular formula is C16H21NO2.